The Kier molecular flexibility index (Phi) is 4.70. The maximum Gasteiger partial charge on any atom is 0.244 e. The summed E-state index contributed by atoms with van der Waals surface area (Å²) in [4.78, 5) is 12.4. The highest BCUT2D eigenvalue weighted by Crippen LogP contribution is 2.18. The van der Waals surface area contributed by atoms with Gasteiger partial charge in [-0.1, -0.05) is 18.2 Å². The fourth-order valence-corrected chi connectivity index (χ4v) is 2.84. The van der Waals surface area contributed by atoms with E-state index in [1.807, 2.05) is 68.9 Å². The molecule has 0 saturated heterocycles. The Labute approximate surface area is 147 Å². The van der Waals surface area contributed by atoms with Gasteiger partial charge < -0.3 is 5.32 Å². The molecule has 0 aliphatic rings. The van der Waals surface area contributed by atoms with Crippen LogP contribution >= 0.6 is 0 Å². The topological polar surface area (TPSA) is 64.7 Å². The maximum absolute atomic E-state index is 12.4. The SMILES string of the molecule is Cc1cnn(C(C)C(=O)NCc2c(C)nn(-c3ccccc3)c2C)c1. The minimum atomic E-state index is -0.349. The number of nitrogens with one attached hydrogen (secondary N) is 1. The first-order chi connectivity index (χ1) is 12.0. The number of aryl methyl sites for hydroxylation is 2. The lowest BCUT2D eigenvalue weighted by atomic mass is 10.2. The van der Waals surface area contributed by atoms with Crippen LogP contribution in [0.25, 0.3) is 5.69 Å². The van der Waals surface area contributed by atoms with E-state index in [-0.39, 0.29) is 11.9 Å². The molecule has 1 atom stereocenters. The number of para-hydroxylation sites is 1. The first-order valence-electron chi connectivity index (χ1n) is 8.36. The monoisotopic (exact) mass is 337 g/mol. The van der Waals surface area contributed by atoms with Crippen molar-refractivity contribution in [3.63, 3.8) is 0 Å². The van der Waals surface area contributed by atoms with Crippen molar-refractivity contribution in [2.45, 2.75) is 40.3 Å². The largest absolute Gasteiger partial charge is 0.350 e. The fraction of sp³-hybridized carbons (Fsp3) is 0.316. The van der Waals surface area contributed by atoms with Crippen LogP contribution in [0.3, 0.4) is 0 Å². The van der Waals surface area contributed by atoms with E-state index in [1.165, 1.54) is 0 Å². The molecule has 1 unspecified atom stereocenters. The third-order valence-electron chi connectivity index (χ3n) is 4.39. The van der Waals surface area contributed by atoms with Crippen molar-refractivity contribution in [1.82, 2.24) is 24.9 Å². The summed E-state index contributed by atoms with van der Waals surface area (Å²) in [5, 5.41) is 11.8. The molecule has 0 bridgehead atoms. The number of hydrogen-bond acceptors (Lipinski definition) is 3. The minimum absolute atomic E-state index is 0.0608. The molecule has 3 aromatic rings. The lowest BCUT2D eigenvalue weighted by molar-refractivity contribution is -0.124. The lowest BCUT2D eigenvalue weighted by Gasteiger charge is -2.13. The molecular formula is C19H23N5O. The predicted molar refractivity (Wildman–Crippen MR) is 96.6 cm³/mol. The Morgan fingerprint density at radius 3 is 2.56 bits per heavy atom. The average Bonchev–Trinajstić information content (AvgIpc) is 3.16. The van der Waals surface area contributed by atoms with Crippen molar-refractivity contribution < 1.29 is 4.79 Å². The van der Waals surface area contributed by atoms with Crippen LogP contribution < -0.4 is 5.32 Å². The van der Waals surface area contributed by atoms with Crippen LogP contribution in [-0.4, -0.2) is 25.5 Å². The molecule has 1 aromatic carbocycles. The number of rotatable bonds is 5. The van der Waals surface area contributed by atoms with Crippen LogP contribution in [0, 0.1) is 20.8 Å². The number of aromatic nitrogens is 4. The third kappa shape index (κ3) is 3.47. The second-order valence-corrected chi connectivity index (χ2v) is 6.29. The standard InChI is InChI=1S/C19H23N5O/c1-13-10-21-23(12-13)16(4)19(25)20-11-18-14(2)22-24(15(18)3)17-8-6-5-7-9-17/h5-10,12,16H,11H2,1-4H3,(H,20,25). The van der Waals surface area contributed by atoms with Gasteiger partial charge in [0.1, 0.15) is 6.04 Å². The van der Waals surface area contributed by atoms with Crippen LogP contribution in [0.15, 0.2) is 42.7 Å². The van der Waals surface area contributed by atoms with Gasteiger partial charge >= 0.3 is 0 Å². The van der Waals surface area contributed by atoms with Crippen LogP contribution in [0.2, 0.25) is 0 Å². The van der Waals surface area contributed by atoms with Crippen LogP contribution in [-0.2, 0) is 11.3 Å². The molecule has 25 heavy (non-hydrogen) atoms. The molecule has 0 radical (unpaired) electrons. The molecule has 1 N–H and O–H groups in total. The average molecular weight is 337 g/mol. The highest BCUT2D eigenvalue weighted by Gasteiger charge is 2.18. The van der Waals surface area contributed by atoms with E-state index in [0.29, 0.717) is 6.54 Å². The van der Waals surface area contributed by atoms with Crippen molar-refractivity contribution in [2.75, 3.05) is 0 Å². The molecule has 1 amide bonds. The first-order valence-corrected chi connectivity index (χ1v) is 8.36. The zero-order chi connectivity index (χ0) is 18.0. The maximum atomic E-state index is 12.4. The Morgan fingerprint density at radius 2 is 1.92 bits per heavy atom. The van der Waals surface area contributed by atoms with Gasteiger partial charge in [-0.15, -0.1) is 0 Å². The van der Waals surface area contributed by atoms with E-state index >= 15 is 0 Å². The number of nitrogens with zero attached hydrogens (tertiary/aromatic N) is 4. The number of carbonyl (C=O) groups is 1. The van der Waals surface area contributed by atoms with Crippen LogP contribution in [0.4, 0.5) is 0 Å². The Balaban J connectivity index is 1.73. The van der Waals surface area contributed by atoms with Gasteiger partial charge in [0.15, 0.2) is 0 Å². The van der Waals surface area contributed by atoms with Gasteiger partial charge in [-0.25, -0.2) is 4.68 Å². The van der Waals surface area contributed by atoms with Gasteiger partial charge in [0, 0.05) is 24.0 Å². The second-order valence-electron chi connectivity index (χ2n) is 6.29. The second kappa shape index (κ2) is 6.93. The first kappa shape index (κ1) is 17.0. The number of carbonyl (C=O) groups excluding carboxylic acids is 1. The molecule has 0 aliphatic heterocycles. The fourth-order valence-electron chi connectivity index (χ4n) is 2.84. The number of benzene rings is 1. The minimum Gasteiger partial charge on any atom is -0.350 e. The molecule has 3 rings (SSSR count). The molecule has 0 spiro atoms. The molecule has 6 nitrogen and oxygen atoms in total. The van der Waals surface area contributed by atoms with E-state index in [0.717, 1.165) is 28.2 Å². The van der Waals surface area contributed by atoms with Crippen LogP contribution in [0.1, 0.15) is 35.5 Å². The number of hydrogen-bond donors (Lipinski definition) is 1. The summed E-state index contributed by atoms with van der Waals surface area (Å²) < 4.78 is 3.59. The van der Waals surface area contributed by atoms with Crippen molar-refractivity contribution in [2.24, 2.45) is 0 Å². The summed E-state index contributed by atoms with van der Waals surface area (Å²) in [5.41, 5.74) is 5.05. The van der Waals surface area contributed by atoms with Gasteiger partial charge in [-0.05, 0) is 45.4 Å². The van der Waals surface area contributed by atoms with E-state index in [9.17, 15) is 4.79 Å². The van der Waals surface area contributed by atoms with Crippen molar-refractivity contribution in [1.29, 1.82) is 0 Å². The normalized spacial score (nSPS) is 12.2. The molecule has 0 saturated carbocycles. The van der Waals surface area contributed by atoms with E-state index in [4.69, 9.17) is 0 Å². The van der Waals surface area contributed by atoms with Gasteiger partial charge in [0.25, 0.3) is 0 Å². The van der Waals surface area contributed by atoms with Crippen LogP contribution in [0.5, 0.6) is 0 Å². The predicted octanol–water partition coefficient (Wildman–Crippen LogP) is 2.87. The summed E-state index contributed by atoms with van der Waals surface area (Å²) in [6, 6.07) is 9.64. The zero-order valence-electron chi connectivity index (χ0n) is 15.0. The lowest BCUT2D eigenvalue weighted by Crippen LogP contribution is -2.31. The molecule has 0 fully saturated rings. The van der Waals surface area contributed by atoms with E-state index in [2.05, 4.69) is 15.5 Å². The molecule has 0 aliphatic carbocycles. The molecule has 2 aromatic heterocycles. The van der Waals surface area contributed by atoms with Gasteiger partial charge in [-0.3, -0.25) is 9.48 Å². The summed E-state index contributed by atoms with van der Waals surface area (Å²) >= 11 is 0. The van der Waals surface area contributed by atoms with Gasteiger partial charge in [0.05, 0.1) is 17.6 Å². The molecule has 2 heterocycles. The zero-order valence-corrected chi connectivity index (χ0v) is 15.0. The van der Waals surface area contributed by atoms with E-state index in [1.54, 1.807) is 10.9 Å². The highest BCUT2D eigenvalue weighted by atomic mass is 16.2. The molecule has 6 heteroatoms. The van der Waals surface area contributed by atoms with Gasteiger partial charge in [0.2, 0.25) is 5.91 Å². The molecule has 130 valence electrons. The van der Waals surface area contributed by atoms with Crippen molar-refractivity contribution in [3.8, 4) is 5.69 Å². The Hall–Kier alpha value is -2.89. The smallest absolute Gasteiger partial charge is 0.244 e. The number of amides is 1. The summed E-state index contributed by atoms with van der Waals surface area (Å²) in [6.07, 6.45) is 3.62. The van der Waals surface area contributed by atoms with Crippen molar-refractivity contribution in [3.05, 3.63) is 65.2 Å². The van der Waals surface area contributed by atoms with E-state index < -0.39 is 0 Å². The quantitative estimate of drug-likeness (QED) is 0.778. The summed E-state index contributed by atoms with van der Waals surface area (Å²) in [6.45, 7) is 8.24. The molecular weight excluding hydrogens is 314 g/mol. The Morgan fingerprint density at radius 1 is 1.20 bits per heavy atom. The Bertz CT molecular complexity index is 879. The van der Waals surface area contributed by atoms with Gasteiger partial charge in [-0.2, -0.15) is 10.2 Å². The highest BCUT2D eigenvalue weighted by molar-refractivity contribution is 5.79. The van der Waals surface area contributed by atoms with Crippen molar-refractivity contribution >= 4 is 5.91 Å². The summed E-state index contributed by atoms with van der Waals surface area (Å²) in [7, 11) is 0. The summed E-state index contributed by atoms with van der Waals surface area (Å²) in [5.74, 6) is -0.0608. The third-order valence-corrected chi connectivity index (χ3v) is 4.39.